The van der Waals surface area contributed by atoms with Gasteiger partial charge in [0, 0.05) is 6.20 Å². The minimum absolute atomic E-state index is 0.233. The summed E-state index contributed by atoms with van der Waals surface area (Å²) in [5.41, 5.74) is 0. The Morgan fingerprint density at radius 3 is 2.80 bits per heavy atom. The number of hydrogen-bond acceptors (Lipinski definition) is 3. The van der Waals surface area contributed by atoms with Crippen molar-refractivity contribution < 1.29 is 14.5 Å². The highest BCUT2D eigenvalue weighted by Gasteiger charge is 2.07. The minimum Gasteiger partial charge on any atom is -0.334 e. The first-order valence-electron chi connectivity index (χ1n) is 2.37. The van der Waals surface area contributed by atoms with Crippen LogP contribution in [0.3, 0.4) is 0 Å². The lowest BCUT2D eigenvalue weighted by atomic mass is 10.5. The van der Waals surface area contributed by atoms with Gasteiger partial charge in [0.05, 0.1) is 3.57 Å². The van der Waals surface area contributed by atoms with Gasteiger partial charge in [0.2, 0.25) is 5.75 Å². The molecule has 0 radical (unpaired) electrons. The lowest BCUT2D eigenvalue weighted by Gasteiger charge is -1.98. The summed E-state index contributed by atoms with van der Waals surface area (Å²) in [7, 11) is 0. The molecule has 0 amide bonds. The van der Waals surface area contributed by atoms with Crippen molar-refractivity contribution in [2.45, 2.75) is 0 Å². The van der Waals surface area contributed by atoms with Crippen LogP contribution in [0.5, 0.6) is 5.75 Å². The first-order valence-corrected chi connectivity index (χ1v) is 3.45. The molecule has 1 heterocycles. The van der Waals surface area contributed by atoms with E-state index in [2.05, 4.69) is 9.87 Å². The van der Waals surface area contributed by atoms with Gasteiger partial charge in [-0.1, -0.05) is 0 Å². The molecule has 0 aromatic carbocycles. The predicted molar refractivity (Wildman–Crippen MR) is 40.2 cm³/mol. The first-order chi connectivity index (χ1) is 4.75. The topological polar surface area (TPSA) is 42.4 Å². The molecule has 0 saturated carbocycles. The lowest BCUT2D eigenvalue weighted by Crippen LogP contribution is -1.93. The van der Waals surface area contributed by atoms with Crippen LogP contribution in [0.15, 0.2) is 12.3 Å². The second-order valence-corrected chi connectivity index (χ2v) is 2.67. The fourth-order valence-electron chi connectivity index (χ4n) is 0.482. The third-order valence-corrected chi connectivity index (χ3v) is 1.75. The molecule has 1 rings (SSSR count). The number of rotatable bonds is 1. The number of hydrogen-bond donors (Lipinski definition) is 1. The van der Waals surface area contributed by atoms with Gasteiger partial charge in [0.15, 0.2) is 0 Å². The van der Waals surface area contributed by atoms with Crippen LogP contribution in [0, 0.1) is 9.52 Å². The van der Waals surface area contributed by atoms with E-state index in [1.807, 2.05) is 22.6 Å². The van der Waals surface area contributed by atoms with Gasteiger partial charge >= 0.3 is 0 Å². The van der Waals surface area contributed by atoms with Crippen molar-refractivity contribution in [1.82, 2.24) is 4.98 Å². The SMILES string of the molecule is OOc1c(I)ccnc1F. The van der Waals surface area contributed by atoms with Crippen molar-refractivity contribution in [1.29, 1.82) is 0 Å². The van der Waals surface area contributed by atoms with Gasteiger partial charge in [-0.15, -0.1) is 0 Å². The Kier molecular flexibility index (Phi) is 2.39. The zero-order valence-electron chi connectivity index (χ0n) is 4.71. The molecule has 0 atom stereocenters. The highest BCUT2D eigenvalue weighted by atomic mass is 127. The van der Waals surface area contributed by atoms with Crippen LogP contribution in [-0.4, -0.2) is 10.2 Å². The third kappa shape index (κ3) is 1.35. The molecule has 0 aliphatic carbocycles. The summed E-state index contributed by atoms with van der Waals surface area (Å²) < 4.78 is 12.9. The molecule has 0 unspecified atom stereocenters. The fourth-order valence-corrected chi connectivity index (χ4v) is 0.964. The van der Waals surface area contributed by atoms with Crippen LogP contribution in [0.4, 0.5) is 4.39 Å². The van der Waals surface area contributed by atoms with Gasteiger partial charge in [0.25, 0.3) is 5.95 Å². The van der Waals surface area contributed by atoms with Crippen LogP contribution in [0.25, 0.3) is 0 Å². The molecule has 0 aliphatic heterocycles. The van der Waals surface area contributed by atoms with E-state index in [4.69, 9.17) is 5.26 Å². The van der Waals surface area contributed by atoms with Crippen LogP contribution < -0.4 is 4.89 Å². The zero-order valence-corrected chi connectivity index (χ0v) is 6.87. The quantitative estimate of drug-likeness (QED) is 0.359. The second-order valence-electron chi connectivity index (χ2n) is 1.50. The van der Waals surface area contributed by atoms with E-state index in [0.717, 1.165) is 0 Å². The van der Waals surface area contributed by atoms with Crippen molar-refractivity contribution in [3.05, 3.63) is 21.8 Å². The summed E-state index contributed by atoms with van der Waals surface area (Å²) >= 11 is 1.82. The molecule has 54 valence electrons. The van der Waals surface area contributed by atoms with E-state index in [-0.39, 0.29) is 5.75 Å². The second kappa shape index (κ2) is 3.11. The summed E-state index contributed by atoms with van der Waals surface area (Å²) in [5, 5.41) is 8.11. The summed E-state index contributed by atoms with van der Waals surface area (Å²) in [6, 6.07) is 1.52. The maximum atomic E-state index is 12.4. The Bertz CT molecular complexity index is 223. The Morgan fingerprint density at radius 1 is 1.70 bits per heavy atom. The molecule has 0 spiro atoms. The van der Waals surface area contributed by atoms with Crippen molar-refractivity contribution in [2.75, 3.05) is 0 Å². The molecular formula is C5H3FINO2. The van der Waals surface area contributed by atoms with E-state index >= 15 is 0 Å². The highest BCUT2D eigenvalue weighted by Crippen LogP contribution is 2.20. The molecule has 0 fully saturated rings. The minimum atomic E-state index is -0.811. The Balaban J connectivity index is 3.17. The largest absolute Gasteiger partial charge is 0.334 e. The normalized spacial score (nSPS) is 9.50. The molecule has 0 bridgehead atoms. The van der Waals surface area contributed by atoms with Gasteiger partial charge in [0.1, 0.15) is 0 Å². The van der Waals surface area contributed by atoms with E-state index in [1.54, 1.807) is 0 Å². The molecule has 1 aromatic heterocycles. The van der Waals surface area contributed by atoms with Gasteiger partial charge < -0.3 is 4.89 Å². The summed E-state index contributed by atoms with van der Waals surface area (Å²) in [5.74, 6) is -1.04. The molecule has 3 nitrogen and oxygen atoms in total. The van der Waals surface area contributed by atoms with E-state index in [9.17, 15) is 4.39 Å². The highest BCUT2D eigenvalue weighted by molar-refractivity contribution is 14.1. The van der Waals surface area contributed by atoms with Gasteiger partial charge in [-0.05, 0) is 28.7 Å². The van der Waals surface area contributed by atoms with Crippen LogP contribution >= 0.6 is 22.6 Å². The molecular weight excluding hydrogens is 252 g/mol. The summed E-state index contributed by atoms with van der Waals surface area (Å²) in [6.07, 6.45) is 1.29. The lowest BCUT2D eigenvalue weighted by molar-refractivity contribution is -0.141. The summed E-state index contributed by atoms with van der Waals surface area (Å²) in [4.78, 5) is 6.99. The average molecular weight is 255 g/mol. The molecule has 1 aromatic rings. The molecule has 0 aliphatic rings. The van der Waals surface area contributed by atoms with Crippen LogP contribution in [-0.2, 0) is 0 Å². The third-order valence-electron chi connectivity index (χ3n) is 0.904. The van der Waals surface area contributed by atoms with Crippen molar-refractivity contribution in [2.24, 2.45) is 0 Å². The first kappa shape index (κ1) is 7.67. The maximum Gasteiger partial charge on any atom is 0.260 e. The zero-order chi connectivity index (χ0) is 7.56. The number of halogens is 2. The van der Waals surface area contributed by atoms with Gasteiger partial charge in [-0.25, -0.2) is 10.2 Å². The number of nitrogens with zero attached hydrogens (tertiary/aromatic N) is 1. The van der Waals surface area contributed by atoms with Gasteiger partial charge in [-0.3, -0.25) is 0 Å². The molecule has 5 heteroatoms. The monoisotopic (exact) mass is 255 g/mol. The smallest absolute Gasteiger partial charge is 0.260 e. The standard InChI is InChI=1S/C5H3FINO2/c6-5-4(10-9)3(7)1-2-8-5/h1-2,9H. The predicted octanol–water partition coefficient (Wildman–Crippen LogP) is 1.68. The van der Waals surface area contributed by atoms with Crippen LogP contribution in [0.2, 0.25) is 0 Å². The number of pyridine rings is 1. The van der Waals surface area contributed by atoms with Crippen LogP contribution in [0.1, 0.15) is 0 Å². The van der Waals surface area contributed by atoms with Crippen molar-refractivity contribution in [3.8, 4) is 5.75 Å². The van der Waals surface area contributed by atoms with Crippen molar-refractivity contribution in [3.63, 3.8) is 0 Å². The molecule has 1 N–H and O–H groups in total. The Morgan fingerprint density at radius 2 is 2.40 bits per heavy atom. The Hall–Kier alpha value is -0.430. The van der Waals surface area contributed by atoms with E-state index < -0.39 is 5.95 Å². The van der Waals surface area contributed by atoms with Gasteiger partial charge in [-0.2, -0.15) is 4.39 Å². The molecule has 0 saturated heterocycles. The summed E-state index contributed by atoms with van der Waals surface area (Å²) in [6.45, 7) is 0. The van der Waals surface area contributed by atoms with E-state index in [1.165, 1.54) is 12.3 Å². The average Bonchev–Trinajstić information content (AvgIpc) is 1.88. The molecule has 10 heavy (non-hydrogen) atoms. The Labute approximate surface area is 69.9 Å². The van der Waals surface area contributed by atoms with Crippen molar-refractivity contribution >= 4 is 22.6 Å². The maximum absolute atomic E-state index is 12.4. The number of aromatic nitrogens is 1. The fraction of sp³-hybridized carbons (Fsp3) is 0. The van der Waals surface area contributed by atoms with E-state index in [0.29, 0.717) is 3.57 Å².